The second-order valence-corrected chi connectivity index (χ2v) is 8.68. The fourth-order valence-corrected chi connectivity index (χ4v) is 4.19. The zero-order valence-electron chi connectivity index (χ0n) is 19.7. The van der Waals surface area contributed by atoms with E-state index in [4.69, 9.17) is 23.2 Å². The van der Waals surface area contributed by atoms with Crippen LogP contribution in [-0.2, 0) is 17.8 Å². The number of anilines is 1. The minimum Gasteiger partial charge on any atom is -0.350 e. The number of rotatable bonds is 9. The fraction of sp³-hybridized carbons (Fsp3) is 0.280. The van der Waals surface area contributed by atoms with Gasteiger partial charge in [0.25, 0.3) is 11.8 Å². The smallest absolute Gasteiger partial charge is 0.255 e. The molecule has 184 valence electrons. The molecule has 2 aromatic carbocycles. The van der Waals surface area contributed by atoms with Crippen molar-refractivity contribution in [2.45, 2.75) is 39.8 Å². The van der Waals surface area contributed by atoms with E-state index in [1.807, 2.05) is 19.9 Å². The minimum atomic E-state index is -0.558. The summed E-state index contributed by atoms with van der Waals surface area (Å²) < 4.78 is 1.79. The molecular weight excluding hydrogens is 489 g/mol. The number of nitrogens with zero attached hydrogens (tertiary/aromatic N) is 2. The van der Waals surface area contributed by atoms with E-state index in [0.29, 0.717) is 29.2 Å². The normalized spacial score (nSPS) is 11.6. The molecule has 0 saturated heterocycles. The Morgan fingerprint density at radius 3 is 2.43 bits per heavy atom. The van der Waals surface area contributed by atoms with Crippen molar-refractivity contribution < 1.29 is 14.4 Å². The van der Waals surface area contributed by atoms with E-state index in [9.17, 15) is 14.4 Å². The van der Waals surface area contributed by atoms with Crippen molar-refractivity contribution in [3.8, 4) is 0 Å². The van der Waals surface area contributed by atoms with Gasteiger partial charge in [0, 0.05) is 30.7 Å². The van der Waals surface area contributed by atoms with E-state index in [1.165, 1.54) is 19.1 Å². The highest BCUT2D eigenvalue weighted by atomic mass is 35.5. The molecule has 0 bridgehead atoms. The van der Waals surface area contributed by atoms with Crippen molar-refractivity contribution in [2.75, 3.05) is 11.9 Å². The molecule has 3 N–H and O–H groups in total. The predicted octanol–water partition coefficient (Wildman–Crippen LogP) is 4.63. The van der Waals surface area contributed by atoms with E-state index in [-0.39, 0.29) is 28.9 Å². The van der Waals surface area contributed by atoms with Crippen LogP contribution in [0.4, 0.5) is 5.69 Å². The topological polar surface area (TPSA) is 105 Å². The highest BCUT2D eigenvalue weighted by Crippen LogP contribution is 2.22. The van der Waals surface area contributed by atoms with Crippen molar-refractivity contribution in [3.05, 3.63) is 81.1 Å². The molecule has 1 atom stereocenters. The molecule has 0 aliphatic rings. The van der Waals surface area contributed by atoms with Crippen LogP contribution in [-0.4, -0.2) is 34.0 Å². The molecule has 0 saturated carbocycles. The zero-order valence-corrected chi connectivity index (χ0v) is 21.2. The number of hydrogen-bond donors (Lipinski definition) is 3. The Kier molecular flexibility index (Phi) is 8.89. The second-order valence-electron chi connectivity index (χ2n) is 7.84. The molecule has 0 aliphatic heterocycles. The third-order valence-corrected chi connectivity index (χ3v) is 5.93. The molecule has 0 fully saturated rings. The number of hydrogen-bond acceptors (Lipinski definition) is 4. The molecular formula is C25H27Cl2N5O3. The summed E-state index contributed by atoms with van der Waals surface area (Å²) in [6.45, 7) is 6.07. The average Bonchev–Trinajstić information content (AvgIpc) is 3.24. The number of halogens is 2. The lowest BCUT2D eigenvalue weighted by Gasteiger charge is -2.21. The molecule has 1 unspecified atom stereocenters. The largest absolute Gasteiger partial charge is 0.350 e. The van der Waals surface area contributed by atoms with Gasteiger partial charge in [0.2, 0.25) is 5.91 Å². The first-order valence-corrected chi connectivity index (χ1v) is 11.9. The van der Waals surface area contributed by atoms with Gasteiger partial charge in [-0.3, -0.25) is 19.1 Å². The molecule has 0 radical (unpaired) electrons. The lowest BCUT2D eigenvalue weighted by atomic mass is 10.1. The van der Waals surface area contributed by atoms with Crippen LogP contribution in [0.5, 0.6) is 0 Å². The van der Waals surface area contributed by atoms with Crippen molar-refractivity contribution in [1.29, 1.82) is 0 Å². The SMILES string of the molecule is CCc1c(C(=O)NC(CNC(=O)c2ccc(NC(C)=O)cc2Cl)c2cccc(Cl)c2)cnn1CC. The highest BCUT2D eigenvalue weighted by molar-refractivity contribution is 6.34. The van der Waals surface area contributed by atoms with E-state index in [2.05, 4.69) is 21.0 Å². The summed E-state index contributed by atoms with van der Waals surface area (Å²) in [7, 11) is 0. The molecule has 1 heterocycles. The lowest BCUT2D eigenvalue weighted by molar-refractivity contribution is -0.114. The highest BCUT2D eigenvalue weighted by Gasteiger charge is 2.22. The third-order valence-electron chi connectivity index (χ3n) is 5.38. The number of carbonyl (C=O) groups is 3. The van der Waals surface area contributed by atoms with E-state index in [1.54, 1.807) is 35.1 Å². The van der Waals surface area contributed by atoms with Gasteiger partial charge in [0.15, 0.2) is 0 Å². The summed E-state index contributed by atoms with van der Waals surface area (Å²) in [5.41, 5.74) is 2.80. The Morgan fingerprint density at radius 2 is 1.80 bits per heavy atom. The first-order valence-electron chi connectivity index (χ1n) is 11.2. The van der Waals surface area contributed by atoms with Gasteiger partial charge in [-0.25, -0.2) is 0 Å². The molecule has 0 spiro atoms. The standard InChI is InChI=1S/C25H27Cl2N5O3/c1-4-23-20(13-29-32(23)5-2)25(35)31-22(16-7-6-8-17(26)11-16)14-28-24(34)19-10-9-18(12-21(19)27)30-15(3)33/h6-13,22H,4-5,14H2,1-3H3,(H,28,34)(H,30,33)(H,31,35). The van der Waals surface area contributed by atoms with Gasteiger partial charge in [-0.1, -0.05) is 42.3 Å². The summed E-state index contributed by atoms with van der Waals surface area (Å²) in [5.74, 6) is -0.953. The second kappa shape index (κ2) is 11.9. The van der Waals surface area contributed by atoms with Gasteiger partial charge < -0.3 is 16.0 Å². The maximum absolute atomic E-state index is 13.2. The van der Waals surface area contributed by atoms with Crippen LogP contribution in [0, 0.1) is 0 Å². The van der Waals surface area contributed by atoms with Crippen LogP contribution in [0.3, 0.4) is 0 Å². The van der Waals surface area contributed by atoms with Crippen LogP contribution < -0.4 is 16.0 Å². The maximum Gasteiger partial charge on any atom is 0.255 e. The first kappa shape index (κ1) is 26.2. The van der Waals surface area contributed by atoms with Gasteiger partial charge >= 0.3 is 0 Å². The first-order chi connectivity index (χ1) is 16.7. The molecule has 3 rings (SSSR count). The Labute approximate surface area is 214 Å². The molecule has 8 nitrogen and oxygen atoms in total. The van der Waals surface area contributed by atoms with Crippen molar-refractivity contribution in [3.63, 3.8) is 0 Å². The fourth-order valence-electron chi connectivity index (χ4n) is 3.73. The molecule has 35 heavy (non-hydrogen) atoms. The lowest BCUT2D eigenvalue weighted by Crippen LogP contribution is -2.38. The number of aromatic nitrogens is 2. The predicted molar refractivity (Wildman–Crippen MR) is 137 cm³/mol. The van der Waals surface area contributed by atoms with Gasteiger partial charge in [0.1, 0.15) is 0 Å². The summed E-state index contributed by atoms with van der Waals surface area (Å²) in [5, 5.41) is 13.4. The minimum absolute atomic E-state index is 0.0953. The number of nitrogens with one attached hydrogen (secondary N) is 3. The molecule has 3 amide bonds. The van der Waals surface area contributed by atoms with Crippen LogP contribution >= 0.6 is 23.2 Å². The quantitative estimate of drug-likeness (QED) is 0.386. The number of benzene rings is 2. The molecule has 0 aliphatic carbocycles. The molecule has 3 aromatic rings. The van der Waals surface area contributed by atoms with E-state index in [0.717, 1.165) is 11.3 Å². The Balaban J connectivity index is 1.80. The number of carbonyl (C=O) groups excluding carboxylic acids is 3. The van der Waals surface area contributed by atoms with E-state index < -0.39 is 11.9 Å². The summed E-state index contributed by atoms with van der Waals surface area (Å²) in [6, 6.07) is 11.2. The monoisotopic (exact) mass is 515 g/mol. The van der Waals surface area contributed by atoms with Crippen LogP contribution in [0.25, 0.3) is 0 Å². The zero-order chi connectivity index (χ0) is 25.5. The molecule has 1 aromatic heterocycles. The van der Waals surface area contributed by atoms with E-state index >= 15 is 0 Å². The van der Waals surface area contributed by atoms with Crippen molar-refractivity contribution in [1.82, 2.24) is 20.4 Å². The van der Waals surface area contributed by atoms with Crippen LogP contribution in [0.2, 0.25) is 10.0 Å². The van der Waals surface area contributed by atoms with Crippen LogP contribution in [0.1, 0.15) is 58.8 Å². The van der Waals surface area contributed by atoms with Crippen molar-refractivity contribution >= 4 is 46.6 Å². The average molecular weight is 516 g/mol. The summed E-state index contributed by atoms with van der Waals surface area (Å²) in [4.78, 5) is 37.3. The Morgan fingerprint density at radius 1 is 1.03 bits per heavy atom. The van der Waals surface area contributed by atoms with Crippen LogP contribution in [0.15, 0.2) is 48.7 Å². The molecule has 10 heteroatoms. The van der Waals surface area contributed by atoms with Gasteiger partial charge in [-0.05, 0) is 49.2 Å². The number of amides is 3. The van der Waals surface area contributed by atoms with Gasteiger partial charge in [-0.2, -0.15) is 5.10 Å². The summed E-state index contributed by atoms with van der Waals surface area (Å²) in [6.07, 6.45) is 2.21. The summed E-state index contributed by atoms with van der Waals surface area (Å²) >= 11 is 12.4. The van der Waals surface area contributed by atoms with Crippen molar-refractivity contribution in [2.24, 2.45) is 0 Å². The third kappa shape index (κ3) is 6.61. The maximum atomic E-state index is 13.2. The Bertz CT molecular complexity index is 1240. The Hall–Kier alpha value is -3.36. The van der Waals surface area contributed by atoms with Gasteiger partial charge in [0.05, 0.1) is 34.1 Å². The number of aryl methyl sites for hydroxylation is 1. The van der Waals surface area contributed by atoms with Gasteiger partial charge in [-0.15, -0.1) is 0 Å².